The highest BCUT2D eigenvalue weighted by molar-refractivity contribution is 6.05. The largest absolute Gasteiger partial charge is 0.322 e. The third-order valence-electron chi connectivity index (χ3n) is 4.44. The minimum Gasteiger partial charge on any atom is -0.322 e. The molecule has 0 bridgehead atoms. The molecule has 0 saturated heterocycles. The van der Waals surface area contributed by atoms with Gasteiger partial charge in [-0.2, -0.15) is 0 Å². The maximum Gasteiger partial charge on any atom is 0.255 e. The van der Waals surface area contributed by atoms with Crippen LogP contribution in [0.25, 0.3) is 0 Å². The molecule has 0 spiro atoms. The molecule has 1 heterocycles. The number of hydrogen-bond acceptors (Lipinski definition) is 2. The molecule has 1 amide bonds. The van der Waals surface area contributed by atoms with Crippen LogP contribution in [0.1, 0.15) is 32.6 Å². The second-order valence-electron chi connectivity index (χ2n) is 6.08. The first-order valence-electron chi connectivity index (χ1n) is 8.53. The number of terminal acetylenes is 1. The molecule has 2 aromatic carbocycles. The van der Waals surface area contributed by atoms with Crippen molar-refractivity contribution in [1.82, 2.24) is 4.98 Å². The lowest BCUT2D eigenvalue weighted by Crippen LogP contribution is -2.15. The second-order valence-corrected chi connectivity index (χ2v) is 6.08. The first kappa shape index (κ1) is 17.4. The summed E-state index contributed by atoms with van der Waals surface area (Å²) in [5, 5.41) is 2.91. The molecule has 0 atom stereocenters. The zero-order valence-electron chi connectivity index (χ0n) is 14.7. The molecule has 0 unspecified atom stereocenters. The van der Waals surface area contributed by atoms with Crippen LogP contribution in [0.15, 0.2) is 67.0 Å². The van der Waals surface area contributed by atoms with Crippen molar-refractivity contribution in [1.29, 1.82) is 0 Å². The third kappa shape index (κ3) is 3.99. The van der Waals surface area contributed by atoms with Gasteiger partial charge in [-0.1, -0.05) is 36.3 Å². The molecule has 3 heteroatoms. The second kappa shape index (κ2) is 8.13. The van der Waals surface area contributed by atoms with Crippen LogP contribution in [-0.2, 0) is 12.8 Å². The highest BCUT2D eigenvalue weighted by Crippen LogP contribution is 2.22. The van der Waals surface area contributed by atoms with Crippen LogP contribution in [0.5, 0.6) is 0 Å². The van der Waals surface area contributed by atoms with Crippen LogP contribution in [0.2, 0.25) is 0 Å². The molecule has 128 valence electrons. The minimum absolute atomic E-state index is 0.141. The number of nitrogens with zero attached hydrogens (tertiary/aromatic N) is 1. The lowest BCUT2D eigenvalue weighted by molar-refractivity contribution is 0.102. The number of rotatable bonds is 5. The number of carbonyl (C=O) groups excluding carboxylic acids is 1. The van der Waals surface area contributed by atoms with E-state index in [-0.39, 0.29) is 5.91 Å². The van der Waals surface area contributed by atoms with E-state index in [1.807, 2.05) is 31.2 Å². The summed E-state index contributed by atoms with van der Waals surface area (Å²) < 4.78 is 0. The van der Waals surface area contributed by atoms with E-state index in [9.17, 15) is 4.79 Å². The summed E-state index contributed by atoms with van der Waals surface area (Å²) in [5.74, 6) is 2.61. The molecule has 0 aliphatic heterocycles. The van der Waals surface area contributed by atoms with Gasteiger partial charge < -0.3 is 5.32 Å². The molecular formula is C23H20N2O. The fourth-order valence-corrected chi connectivity index (χ4v) is 3.01. The standard InChI is InChI=1S/C23H20N2O/c1-3-19-10-12-22(23(26)25-20-13-15-24-16-14-20)17(2)21(19)11-9-18-7-5-4-6-8-18/h1,4-8,10,12-16H,9,11H2,2H3,(H,24,25,26). The number of benzene rings is 2. The Bertz CT molecular complexity index is 941. The number of amides is 1. The van der Waals surface area contributed by atoms with Gasteiger partial charge in [0.2, 0.25) is 0 Å². The van der Waals surface area contributed by atoms with Crippen molar-refractivity contribution in [3.63, 3.8) is 0 Å². The molecule has 26 heavy (non-hydrogen) atoms. The van der Waals surface area contributed by atoms with Crippen molar-refractivity contribution >= 4 is 11.6 Å². The number of nitrogens with one attached hydrogen (secondary N) is 1. The van der Waals surface area contributed by atoms with E-state index >= 15 is 0 Å². The van der Waals surface area contributed by atoms with Gasteiger partial charge in [0.25, 0.3) is 5.91 Å². The normalized spacial score (nSPS) is 10.2. The third-order valence-corrected chi connectivity index (χ3v) is 4.44. The van der Waals surface area contributed by atoms with Crippen LogP contribution >= 0.6 is 0 Å². The molecule has 3 nitrogen and oxygen atoms in total. The van der Waals surface area contributed by atoms with E-state index < -0.39 is 0 Å². The molecular weight excluding hydrogens is 320 g/mol. The molecule has 1 aromatic heterocycles. The maximum atomic E-state index is 12.7. The van der Waals surface area contributed by atoms with Crippen molar-refractivity contribution in [2.24, 2.45) is 0 Å². The Hall–Kier alpha value is -3.38. The maximum absolute atomic E-state index is 12.7. The van der Waals surface area contributed by atoms with E-state index in [0.717, 1.165) is 35.2 Å². The summed E-state index contributed by atoms with van der Waals surface area (Å²) in [5.41, 5.74) is 5.45. The van der Waals surface area contributed by atoms with E-state index in [2.05, 4.69) is 28.4 Å². The minimum atomic E-state index is -0.141. The molecule has 0 aliphatic carbocycles. The number of anilines is 1. The summed E-state index contributed by atoms with van der Waals surface area (Å²) in [4.78, 5) is 16.6. The van der Waals surface area contributed by atoms with Crippen LogP contribution in [0.3, 0.4) is 0 Å². The lowest BCUT2D eigenvalue weighted by Gasteiger charge is -2.14. The first-order valence-corrected chi connectivity index (χ1v) is 8.53. The molecule has 0 aliphatic rings. The number of pyridine rings is 1. The van der Waals surface area contributed by atoms with Gasteiger partial charge in [0.15, 0.2) is 0 Å². The summed E-state index contributed by atoms with van der Waals surface area (Å²) in [6.07, 6.45) is 10.7. The topological polar surface area (TPSA) is 42.0 Å². The Morgan fingerprint density at radius 3 is 2.46 bits per heavy atom. The van der Waals surface area contributed by atoms with Crippen LogP contribution in [-0.4, -0.2) is 10.9 Å². The van der Waals surface area contributed by atoms with Gasteiger partial charge in [0.05, 0.1) is 0 Å². The highest BCUT2D eigenvalue weighted by atomic mass is 16.1. The van der Waals surface area contributed by atoms with E-state index in [1.165, 1.54) is 5.56 Å². The molecule has 0 fully saturated rings. The lowest BCUT2D eigenvalue weighted by atomic mass is 9.92. The molecule has 1 N–H and O–H groups in total. The fraction of sp³-hybridized carbons (Fsp3) is 0.130. The molecule has 0 saturated carbocycles. The molecule has 3 aromatic rings. The smallest absolute Gasteiger partial charge is 0.255 e. The van der Waals surface area contributed by atoms with Gasteiger partial charge in [-0.25, -0.2) is 0 Å². The van der Waals surface area contributed by atoms with Gasteiger partial charge in [-0.15, -0.1) is 6.42 Å². The Balaban J connectivity index is 1.86. The highest BCUT2D eigenvalue weighted by Gasteiger charge is 2.15. The van der Waals surface area contributed by atoms with Crippen molar-refractivity contribution in [3.05, 3.63) is 94.8 Å². The number of aromatic nitrogens is 1. The first-order chi connectivity index (χ1) is 12.7. The summed E-state index contributed by atoms with van der Waals surface area (Å²) in [7, 11) is 0. The summed E-state index contributed by atoms with van der Waals surface area (Å²) in [6.45, 7) is 1.96. The number of hydrogen-bond donors (Lipinski definition) is 1. The Morgan fingerprint density at radius 1 is 1.04 bits per heavy atom. The Morgan fingerprint density at radius 2 is 1.77 bits per heavy atom. The summed E-state index contributed by atoms with van der Waals surface area (Å²) in [6, 6.07) is 17.5. The van der Waals surface area contributed by atoms with Crippen LogP contribution < -0.4 is 5.32 Å². The predicted octanol–water partition coefficient (Wildman–Crippen LogP) is 4.41. The van der Waals surface area contributed by atoms with Crippen LogP contribution in [0.4, 0.5) is 5.69 Å². The van der Waals surface area contributed by atoms with Gasteiger partial charge in [-0.05, 0) is 60.7 Å². The van der Waals surface area contributed by atoms with E-state index in [0.29, 0.717) is 5.56 Å². The quantitative estimate of drug-likeness (QED) is 0.699. The summed E-state index contributed by atoms with van der Waals surface area (Å²) >= 11 is 0. The monoisotopic (exact) mass is 340 g/mol. The number of aryl methyl sites for hydroxylation is 1. The van der Waals surface area contributed by atoms with Crippen molar-refractivity contribution in [2.75, 3.05) is 5.32 Å². The zero-order chi connectivity index (χ0) is 18.4. The van der Waals surface area contributed by atoms with E-state index in [4.69, 9.17) is 6.42 Å². The zero-order valence-corrected chi connectivity index (χ0v) is 14.7. The van der Waals surface area contributed by atoms with Crippen LogP contribution in [0, 0.1) is 19.3 Å². The Labute approximate surface area is 154 Å². The van der Waals surface area contributed by atoms with Gasteiger partial charge in [-0.3, -0.25) is 9.78 Å². The van der Waals surface area contributed by atoms with E-state index in [1.54, 1.807) is 30.6 Å². The Kier molecular flexibility index (Phi) is 5.46. The average molecular weight is 340 g/mol. The predicted molar refractivity (Wildman–Crippen MR) is 105 cm³/mol. The van der Waals surface area contributed by atoms with Gasteiger partial charge in [0.1, 0.15) is 0 Å². The van der Waals surface area contributed by atoms with Crippen molar-refractivity contribution in [2.45, 2.75) is 19.8 Å². The molecule has 0 radical (unpaired) electrons. The van der Waals surface area contributed by atoms with Crippen molar-refractivity contribution in [3.8, 4) is 12.3 Å². The average Bonchev–Trinajstić information content (AvgIpc) is 2.68. The number of carbonyl (C=O) groups is 1. The fourth-order valence-electron chi connectivity index (χ4n) is 3.01. The van der Waals surface area contributed by atoms with Gasteiger partial charge >= 0.3 is 0 Å². The SMILES string of the molecule is C#Cc1ccc(C(=O)Nc2ccncc2)c(C)c1CCc1ccccc1. The van der Waals surface area contributed by atoms with Gasteiger partial charge in [0, 0.05) is 29.2 Å². The van der Waals surface area contributed by atoms with Crippen molar-refractivity contribution < 1.29 is 4.79 Å². The molecule has 3 rings (SSSR count).